The Hall–Kier alpha value is -1.27. The van der Waals surface area contributed by atoms with Crippen LogP contribution in [0, 0.1) is 0 Å². The molecule has 0 saturated heterocycles. The van der Waals surface area contributed by atoms with Gasteiger partial charge in [-0.15, -0.1) is 0 Å². The molecule has 0 bridgehead atoms. The molecule has 0 aromatic heterocycles. The van der Waals surface area contributed by atoms with Crippen LogP contribution in [0.15, 0.2) is 18.2 Å². The fraction of sp³-hybridized carbons (Fsp3) is 0.538. The summed E-state index contributed by atoms with van der Waals surface area (Å²) in [5.41, 5.74) is 7.13. The largest absolute Gasteiger partial charge is 0.496 e. The van der Waals surface area contributed by atoms with Gasteiger partial charge < -0.3 is 10.5 Å². The van der Waals surface area contributed by atoms with Crippen molar-refractivity contribution in [3.63, 3.8) is 0 Å². The number of hydrogen-bond donors (Lipinski definition) is 1. The van der Waals surface area contributed by atoms with Gasteiger partial charge in [-0.1, -0.05) is 13.0 Å². The van der Waals surface area contributed by atoms with E-state index in [2.05, 4.69) is 0 Å². The quantitative estimate of drug-likeness (QED) is 0.867. The molecular formula is C13H19F3N2O. The van der Waals surface area contributed by atoms with Crippen molar-refractivity contribution in [2.24, 2.45) is 5.73 Å². The summed E-state index contributed by atoms with van der Waals surface area (Å²) in [6, 6.07) is 5.33. The molecule has 0 radical (unpaired) electrons. The van der Waals surface area contributed by atoms with E-state index in [1.54, 1.807) is 19.1 Å². The molecule has 1 aromatic carbocycles. The van der Waals surface area contributed by atoms with Crippen molar-refractivity contribution in [3.05, 3.63) is 29.3 Å². The van der Waals surface area contributed by atoms with Gasteiger partial charge in [0.05, 0.1) is 13.7 Å². The third-order valence-corrected chi connectivity index (χ3v) is 2.82. The minimum Gasteiger partial charge on any atom is -0.496 e. The van der Waals surface area contributed by atoms with E-state index < -0.39 is 12.7 Å². The van der Waals surface area contributed by atoms with E-state index in [1.165, 1.54) is 12.0 Å². The molecule has 0 fully saturated rings. The van der Waals surface area contributed by atoms with Crippen LogP contribution < -0.4 is 10.5 Å². The van der Waals surface area contributed by atoms with Gasteiger partial charge in [0.1, 0.15) is 5.75 Å². The molecule has 0 heterocycles. The maximum atomic E-state index is 12.4. The summed E-state index contributed by atoms with van der Waals surface area (Å²) >= 11 is 0. The highest BCUT2D eigenvalue weighted by Gasteiger charge is 2.30. The summed E-state index contributed by atoms with van der Waals surface area (Å²) in [6.07, 6.45) is -4.20. The first kappa shape index (κ1) is 15.8. The van der Waals surface area contributed by atoms with Crippen molar-refractivity contribution >= 4 is 0 Å². The van der Waals surface area contributed by atoms with Gasteiger partial charge >= 0.3 is 6.18 Å². The summed E-state index contributed by atoms with van der Waals surface area (Å²) in [6.45, 7) is 1.62. The molecule has 108 valence electrons. The first-order valence-electron chi connectivity index (χ1n) is 6.04. The first-order valence-corrected chi connectivity index (χ1v) is 6.04. The van der Waals surface area contributed by atoms with Gasteiger partial charge in [0.15, 0.2) is 0 Å². The Morgan fingerprint density at radius 3 is 2.47 bits per heavy atom. The molecule has 0 saturated carbocycles. The van der Waals surface area contributed by atoms with Crippen molar-refractivity contribution in [1.82, 2.24) is 4.90 Å². The molecule has 19 heavy (non-hydrogen) atoms. The zero-order valence-electron chi connectivity index (χ0n) is 11.1. The number of halogens is 3. The average Bonchev–Trinajstić information content (AvgIpc) is 2.36. The smallest absolute Gasteiger partial charge is 0.401 e. The van der Waals surface area contributed by atoms with Gasteiger partial charge in [-0.25, -0.2) is 0 Å². The van der Waals surface area contributed by atoms with Crippen molar-refractivity contribution in [2.45, 2.75) is 26.2 Å². The number of nitrogens with zero attached hydrogens (tertiary/aromatic N) is 1. The lowest BCUT2D eigenvalue weighted by Gasteiger charge is -2.23. The maximum Gasteiger partial charge on any atom is 0.401 e. The van der Waals surface area contributed by atoms with E-state index in [0.29, 0.717) is 18.8 Å². The summed E-state index contributed by atoms with van der Waals surface area (Å²) in [4.78, 5) is 1.32. The highest BCUT2D eigenvalue weighted by Crippen LogP contribution is 2.24. The van der Waals surface area contributed by atoms with Crippen molar-refractivity contribution in [1.29, 1.82) is 0 Å². The van der Waals surface area contributed by atoms with Gasteiger partial charge in [0, 0.05) is 18.7 Å². The van der Waals surface area contributed by atoms with Gasteiger partial charge in [0.25, 0.3) is 0 Å². The summed E-state index contributed by atoms with van der Waals surface area (Å²) in [7, 11) is 1.50. The van der Waals surface area contributed by atoms with Crippen LogP contribution in [0.1, 0.15) is 18.1 Å². The third-order valence-electron chi connectivity index (χ3n) is 2.82. The number of alkyl halides is 3. The number of rotatable bonds is 6. The van der Waals surface area contributed by atoms with Crippen molar-refractivity contribution < 1.29 is 17.9 Å². The molecule has 0 unspecified atom stereocenters. The van der Waals surface area contributed by atoms with Crippen LogP contribution in [0.25, 0.3) is 0 Å². The second-order valence-corrected chi connectivity index (χ2v) is 4.27. The monoisotopic (exact) mass is 276 g/mol. The van der Waals surface area contributed by atoms with Crippen LogP contribution in [0.4, 0.5) is 13.2 Å². The lowest BCUT2D eigenvalue weighted by atomic mass is 10.1. The predicted molar refractivity (Wildman–Crippen MR) is 67.9 cm³/mol. The molecule has 6 heteroatoms. The van der Waals surface area contributed by atoms with Crippen LogP contribution in [0.3, 0.4) is 0 Å². The molecule has 0 aliphatic carbocycles. The van der Waals surface area contributed by atoms with Crippen LogP contribution in [0.5, 0.6) is 5.75 Å². The summed E-state index contributed by atoms with van der Waals surface area (Å²) in [5, 5.41) is 0. The number of ether oxygens (including phenoxy) is 1. The summed E-state index contributed by atoms with van der Waals surface area (Å²) in [5.74, 6) is 0.581. The molecule has 1 aromatic rings. The lowest BCUT2D eigenvalue weighted by molar-refractivity contribution is -0.146. The van der Waals surface area contributed by atoms with Crippen molar-refractivity contribution in [3.8, 4) is 5.75 Å². The zero-order valence-corrected chi connectivity index (χ0v) is 11.1. The van der Waals surface area contributed by atoms with E-state index in [-0.39, 0.29) is 6.54 Å². The molecule has 2 N–H and O–H groups in total. The minimum atomic E-state index is -4.20. The third kappa shape index (κ3) is 5.08. The highest BCUT2D eigenvalue weighted by atomic mass is 19.4. The van der Waals surface area contributed by atoms with Gasteiger partial charge in [-0.05, 0) is 24.2 Å². The zero-order chi connectivity index (χ0) is 14.5. The maximum absolute atomic E-state index is 12.4. The van der Waals surface area contributed by atoms with E-state index in [9.17, 15) is 13.2 Å². The predicted octanol–water partition coefficient (Wildman–Crippen LogP) is 2.54. The molecule has 0 aliphatic heterocycles. The van der Waals surface area contributed by atoms with E-state index in [0.717, 1.165) is 11.1 Å². The Bertz CT molecular complexity index is 407. The number of benzene rings is 1. The lowest BCUT2D eigenvalue weighted by Crippen LogP contribution is -2.33. The van der Waals surface area contributed by atoms with Gasteiger partial charge in [-0.3, -0.25) is 4.90 Å². The molecule has 0 aliphatic rings. The Labute approximate surface area is 111 Å². The van der Waals surface area contributed by atoms with E-state index in [4.69, 9.17) is 10.5 Å². The topological polar surface area (TPSA) is 38.5 Å². The van der Waals surface area contributed by atoms with Gasteiger partial charge in [0.2, 0.25) is 0 Å². The summed E-state index contributed by atoms with van der Waals surface area (Å²) < 4.78 is 42.5. The Kier molecular flexibility index (Phi) is 5.62. The highest BCUT2D eigenvalue weighted by molar-refractivity contribution is 5.37. The second-order valence-electron chi connectivity index (χ2n) is 4.27. The van der Waals surface area contributed by atoms with Crippen LogP contribution in [-0.2, 0) is 13.1 Å². The Morgan fingerprint density at radius 1 is 1.32 bits per heavy atom. The minimum absolute atomic E-state index is 0.188. The Morgan fingerprint density at radius 2 is 2.00 bits per heavy atom. The number of hydrogen-bond acceptors (Lipinski definition) is 3. The molecule has 1 rings (SSSR count). The van der Waals surface area contributed by atoms with E-state index >= 15 is 0 Å². The fourth-order valence-corrected chi connectivity index (χ4v) is 1.86. The van der Waals surface area contributed by atoms with Crippen LogP contribution >= 0.6 is 0 Å². The SMILES string of the molecule is CCN(Cc1cc(CN)ccc1OC)CC(F)(F)F. The first-order chi connectivity index (χ1) is 8.89. The molecule has 0 amide bonds. The molecule has 3 nitrogen and oxygen atoms in total. The van der Waals surface area contributed by atoms with E-state index in [1.807, 2.05) is 6.07 Å². The molecule has 0 spiro atoms. The fourth-order valence-electron chi connectivity index (χ4n) is 1.86. The molecular weight excluding hydrogens is 257 g/mol. The van der Waals surface area contributed by atoms with Crippen molar-refractivity contribution in [2.75, 3.05) is 20.2 Å². The number of nitrogens with two attached hydrogens (primary N) is 1. The average molecular weight is 276 g/mol. The molecule has 0 atom stereocenters. The standard InChI is InChI=1S/C13H19F3N2O/c1-3-18(9-13(14,15)16)8-11-6-10(7-17)4-5-12(11)19-2/h4-6H,3,7-9,17H2,1-2H3. The van der Waals surface area contributed by atoms with Gasteiger partial charge in [-0.2, -0.15) is 13.2 Å². The Balaban J connectivity index is 2.88. The second kappa shape index (κ2) is 6.77. The normalized spacial score (nSPS) is 11.9. The van der Waals surface area contributed by atoms with Crippen LogP contribution in [0.2, 0.25) is 0 Å². The number of methoxy groups -OCH3 is 1. The van der Waals surface area contributed by atoms with Crippen LogP contribution in [-0.4, -0.2) is 31.3 Å².